The lowest BCUT2D eigenvalue weighted by Gasteiger charge is -2.09. The molecule has 9 heteroatoms. The molecule has 7 nitrogen and oxygen atoms in total. The minimum atomic E-state index is -3.84. The zero-order valence-electron chi connectivity index (χ0n) is 19.6. The lowest BCUT2D eigenvalue weighted by molar-refractivity contribution is 0.0998. The Kier molecular flexibility index (Phi) is 6.90. The van der Waals surface area contributed by atoms with Gasteiger partial charge in [-0.25, -0.2) is 8.42 Å². The highest BCUT2D eigenvalue weighted by molar-refractivity contribution is 7.92. The van der Waals surface area contributed by atoms with Gasteiger partial charge in [0, 0.05) is 17.8 Å². The van der Waals surface area contributed by atoms with Gasteiger partial charge in [0.25, 0.3) is 15.9 Å². The highest BCUT2D eigenvalue weighted by atomic mass is 32.2. The van der Waals surface area contributed by atoms with Gasteiger partial charge in [-0.2, -0.15) is 4.99 Å². The number of allylic oxidation sites excluding steroid dienone is 1. The number of ether oxygens (including phenoxy) is 1. The number of thiazole rings is 1. The predicted octanol–water partition coefficient (Wildman–Crippen LogP) is 5.06. The Hall–Kier alpha value is -3.69. The van der Waals surface area contributed by atoms with Crippen LogP contribution in [0.4, 0.5) is 5.69 Å². The molecular formula is C26H25N3O4S2. The van der Waals surface area contributed by atoms with E-state index in [0.29, 0.717) is 17.1 Å². The monoisotopic (exact) mass is 507 g/mol. The Balaban J connectivity index is 1.68. The highest BCUT2D eigenvalue weighted by Crippen LogP contribution is 2.24. The molecular weight excluding hydrogens is 482 g/mol. The van der Waals surface area contributed by atoms with Gasteiger partial charge < -0.3 is 9.30 Å². The zero-order chi connectivity index (χ0) is 25.2. The summed E-state index contributed by atoms with van der Waals surface area (Å²) in [7, 11) is -2.33. The largest absolute Gasteiger partial charge is 0.497 e. The van der Waals surface area contributed by atoms with E-state index in [4.69, 9.17) is 4.74 Å². The van der Waals surface area contributed by atoms with Crippen LogP contribution in [-0.4, -0.2) is 26.0 Å². The summed E-state index contributed by atoms with van der Waals surface area (Å²) >= 11 is 1.44. The van der Waals surface area contributed by atoms with Gasteiger partial charge in [-0.1, -0.05) is 29.5 Å². The number of methoxy groups -OCH3 is 1. The average molecular weight is 508 g/mol. The number of rotatable bonds is 7. The third kappa shape index (κ3) is 5.21. The van der Waals surface area contributed by atoms with E-state index >= 15 is 0 Å². The Morgan fingerprint density at radius 2 is 1.89 bits per heavy atom. The minimum Gasteiger partial charge on any atom is -0.497 e. The molecule has 0 aliphatic heterocycles. The van der Waals surface area contributed by atoms with Gasteiger partial charge in [-0.3, -0.25) is 9.52 Å². The van der Waals surface area contributed by atoms with Crippen molar-refractivity contribution in [3.8, 4) is 5.75 Å². The molecule has 0 bridgehead atoms. The first-order chi connectivity index (χ1) is 16.7. The molecule has 180 valence electrons. The number of aryl methyl sites for hydroxylation is 2. The normalized spacial score (nSPS) is 12.0. The second-order valence-corrected chi connectivity index (χ2v) is 10.7. The maximum Gasteiger partial charge on any atom is 0.279 e. The fraction of sp³-hybridized carbons (Fsp3) is 0.154. The van der Waals surface area contributed by atoms with E-state index in [0.717, 1.165) is 21.3 Å². The molecule has 1 heterocycles. The van der Waals surface area contributed by atoms with Gasteiger partial charge in [0.1, 0.15) is 5.75 Å². The second-order valence-electron chi connectivity index (χ2n) is 7.99. The summed E-state index contributed by atoms with van der Waals surface area (Å²) in [6.45, 7) is 8.41. The fourth-order valence-electron chi connectivity index (χ4n) is 3.74. The molecule has 0 unspecified atom stereocenters. The highest BCUT2D eigenvalue weighted by Gasteiger charge is 2.16. The molecule has 35 heavy (non-hydrogen) atoms. The molecule has 0 saturated carbocycles. The lowest BCUT2D eigenvalue weighted by atomic mass is 10.1. The molecule has 0 fully saturated rings. The van der Waals surface area contributed by atoms with E-state index in [-0.39, 0.29) is 16.1 Å². The smallest absolute Gasteiger partial charge is 0.279 e. The van der Waals surface area contributed by atoms with E-state index in [1.54, 1.807) is 36.4 Å². The van der Waals surface area contributed by atoms with Crippen molar-refractivity contribution in [3.63, 3.8) is 0 Å². The first-order valence-corrected chi connectivity index (χ1v) is 13.1. The van der Waals surface area contributed by atoms with Crippen molar-refractivity contribution >= 4 is 43.2 Å². The van der Waals surface area contributed by atoms with Gasteiger partial charge in [0.15, 0.2) is 4.80 Å². The summed E-state index contributed by atoms with van der Waals surface area (Å²) in [5, 5.41) is 0. The third-order valence-electron chi connectivity index (χ3n) is 5.35. The van der Waals surface area contributed by atoms with Crippen LogP contribution in [-0.2, 0) is 16.6 Å². The quantitative estimate of drug-likeness (QED) is 0.354. The van der Waals surface area contributed by atoms with Crippen molar-refractivity contribution in [2.75, 3.05) is 11.8 Å². The second kappa shape index (κ2) is 9.89. The van der Waals surface area contributed by atoms with Crippen LogP contribution in [0.2, 0.25) is 0 Å². The molecule has 1 N–H and O–H groups in total. The zero-order valence-corrected chi connectivity index (χ0v) is 21.2. The number of hydrogen-bond donors (Lipinski definition) is 1. The van der Waals surface area contributed by atoms with Crippen LogP contribution in [0.3, 0.4) is 0 Å². The van der Waals surface area contributed by atoms with Crippen molar-refractivity contribution in [2.24, 2.45) is 4.99 Å². The van der Waals surface area contributed by atoms with E-state index in [1.807, 2.05) is 18.4 Å². The van der Waals surface area contributed by atoms with Crippen LogP contribution in [0.5, 0.6) is 5.75 Å². The first kappa shape index (κ1) is 24.4. The maximum atomic E-state index is 13.1. The number of fused-ring (bicyclic) bond motifs is 1. The molecule has 1 amide bonds. The number of benzene rings is 3. The van der Waals surface area contributed by atoms with Crippen LogP contribution >= 0.6 is 11.3 Å². The predicted molar refractivity (Wildman–Crippen MR) is 140 cm³/mol. The third-order valence-corrected chi connectivity index (χ3v) is 7.98. The van der Waals surface area contributed by atoms with Gasteiger partial charge in [-0.15, -0.1) is 6.58 Å². The summed E-state index contributed by atoms with van der Waals surface area (Å²) in [6.07, 6.45) is 1.77. The van der Waals surface area contributed by atoms with Gasteiger partial charge in [0.2, 0.25) is 0 Å². The van der Waals surface area contributed by atoms with Gasteiger partial charge in [-0.05, 0) is 73.5 Å². The molecule has 3 aromatic carbocycles. The first-order valence-electron chi connectivity index (χ1n) is 10.8. The average Bonchev–Trinajstić information content (AvgIpc) is 3.16. The Morgan fingerprint density at radius 1 is 1.14 bits per heavy atom. The minimum absolute atomic E-state index is 0.0844. The van der Waals surface area contributed by atoms with Crippen molar-refractivity contribution in [1.29, 1.82) is 0 Å². The molecule has 0 aliphatic carbocycles. The van der Waals surface area contributed by atoms with Crippen molar-refractivity contribution in [1.82, 2.24) is 4.57 Å². The SMILES string of the molecule is C=CCn1c(=NC(=O)c2cccc(NS(=O)(=O)c3ccc(OC)cc3)c2)sc2c(C)cc(C)cc21. The number of carbonyl (C=O) groups is 1. The number of nitrogens with zero attached hydrogens (tertiary/aromatic N) is 2. The Bertz CT molecular complexity index is 1600. The fourth-order valence-corrected chi connectivity index (χ4v) is 5.88. The van der Waals surface area contributed by atoms with Crippen LogP contribution < -0.4 is 14.3 Å². The number of carbonyl (C=O) groups excluding carboxylic acids is 1. The topological polar surface area (TPSA) is 89.8 Å². The van der Waals surface area contributed by atoms with Crippen LogP contribution in [0, 0.1) is 13.8 Å². The standard InChI is InChI=1S/C26H25N3O4S2/c1-5-13-29-23-15-17(2)14-18(3)24(23)34-26(29)27-25(30)19-7-6-8-20(16-19)28-35(31,32)22-11-9-21(33-4)10-12-22/h5-12,14-16,28H,1,13H2,2-4H3. The van der Waals surface area contributed by atoms with Crippen LogP contribution in [0.15, 0.2) is 83.2 Å². The molecule has 4 rings (SSSR count). The molecule has 0 saturated heterocycles. The summed E-state index contributed by atoms with van der Waals surface area (Å²) in [5.41, 5.74) is 3.78. The molecule has 1 aromatic heterocycles. The molecule has 4 aromatic rings. The van der Waals surface area contributed by atoms with Crippen molar-refractivity contribution in [2.45, 2.75) is 25.3 Å². The molecule has 0 spiro atoms. The molecule has 0 atom stereocenters. The number of hydrogen-bond acceptors (Lipinski definition) is 5. The van der Waals surface area contributed by atoms with E-state index < -0.39 is 15.9 Å². The molecule has 0 radical (unpaired) electrons. The van der Waals surface area contributed by atoms with Crippen LogP contribution in [0.1, 0.15) is 21.5 Å². The number of anilines is 1. The Morgan fingerprint density at radius 3 is 2.57 bits per heavy atom. The van der Waals surface area contributed by atoms with Gasteiger partial charge in [0.05, 0.1) is 22.2 Å². The van der Waals surface area contributed by atoms with Crippen molar-refractivity contribution in [3.05, 3.63) is 94.8 Å². The van der Waals surface area contributed by atoms with E-state index in [9.17, 15) is 13.2 Å². The van der Waals surface area contributed by atoms with Gasteiger partial charge >= 0.3 is 0 Å². The Labute approximate surface area is 208 Å². The summed E-state index contributed by atoms with van der Waals surface area (Å²) in [4.78, 5) is 18.1. The van der Waals surface area contributed by atoms with Crippen LogP contribution in [0.25, 0.3) is 10.2 Å². The maximum absolute atomic E-state index is 13.1. The lowest BCUT2D eigenvalue weighted by Crippen LogP contribution is -2.16. The molecule has 0 aliphatic rings. The van der Waals surface area contributed by atoms with E-state index in [2.05, 4.69) is 28.4 Å². The number of sulfonamides is 1. The summed E-state index contributed by atoms with van der Waals surface area (Å²) in [5.74, 6) is 0.0904. The number of amides is 1. The number of aromatic nitrogens is 1. The van der Waals surface area contributed by atoms with Crippen molar-refractivity contribution < 1.29 is 17.9 Å². The van der Waals surface area contributed by atoms with E-state index in [1.165, 1.54) is 36.6 Å². The summed E-state index contributed by atoms with van der Waals surface area (Å²) in [6, 6.07) is 16.5. The summed E-state index contributed by atoms with van der Waals surface area (Å²) < 4.78 is 36.2. The number of nitrogens with one attached hydrogen (secondary N) is 1.